The number of esters is 1. The number of para-hydroxylation sites is 1. The maximum absolute atomic E-state index is 13.6. The first-order valence-electron chi connectivity index (χ1n) is 11.4. The third kappa shape index (κ3) is 4.55. The minimum Gasteiger partial charge on any atom is -0.507 e. The van der Waals surface area contributed by atoms with Crippen molar-refractivity contribution in [1.29, 1.82) is 0 Å². The van der Waals surface area contributed by atoms with E-state index in [9.17, 15) is 14.7 Å². The maximum atomic E-state index is 13.6. The third-order valence-electron chi connectivity index (χ3n) is 6.10. The lowest BCUT2D eigenvalue weighted by molar-refractivity contribution is -0.140. The van der Waals surface area contributed by atoms with E-state index < -0.39 is 11.9 Å². The zero-order chi connectivity index (χ0) is 25.2. The van der Waals surface area contributed by atoms with Crippen LogP contribution >= 0.6 is 11.3 Å². The second-order valence-electron chi connectivity index (χ2n) is 8.39. The summed E-state index contributed by atoms with van der Waals surface area (Å²) in [5, 5.41) is 11.5. The Labute approximate surface area is 210 Å². The molecule has 4 aromatic heterocycles. The minimum atomic E-state index is -0.841. The van der Waals surface area contributed by atoms with E-state index in [1.807, 2.05) is 24.3 Å². The fourth-order valence-corrected chi connectivity index (χ4v) is 5.18. The molecule has 9 nitrogen and oxygen atoms in total. The lowest BCUT2D eigenvalue weighted by Gasteiger charge is -2.18. The van der Waals surface area contributed by atoms with E-state index in [1.165, 1.54) is 24.5 Å². The van der Waals surface area contributed by atoms with Gasteiger partial charge in [0.2, 0.25) is 0 Å². The van der Waals surface area contributed by atoms with Crippen LogP contribution in [0.25, 0.3) is 21.0 Å². The number of aromatic hydroxyl groups is 1. The lowest BCUT2D eigenvalue weighted by Crippen LogP contribution is -2.29. The summed E-state index contributed by atoms with van der Waals surface area (Å²) in [4.78, 5) is 37.6. The van der Waals surface area contributed by atoms with Crippen molar-refractivity contribution in [3.63, 3.8) is 0 Å². The Morgan fingerprint density at radius 2 is 2.11 bits per heavy atom. The van der Waals surface area contributed by atoms with Crippen molar-refractivity contribution in [3.8, 4) is 16.5 Å². The molecule has 1 atom stereocenters. The number of aromatic nitrogens is 4. The summed E-state index contributed by atoms with van der Waals surface area (Å²) in [7, 11) is 1.28. The summed E-state index contributed by atoms with van der Waals surface area (Å²) in [6.45, 7) is 2.13. The molecule has 0 radical (unpaired) electrons. The van der Waals surface area contributed by atoms with Gasteiger partial charge in [-0.2, -0.15) is 0 Å². The predicted octanol–water partition coefficient (Wildman–Crippen LogP) is 4.39. The van der Waals surface area contributed by atoms with Crippen molar-refractivity contribution in [3.05, 3.63) is 88.1 Å². The summed E-state index contributed by atoms with van der Waals surface area (Å²) in [6.07, 6.45) is 3.67. The number of furan rings is 1. The number of aromatic amines is 1. The number of nitrogens with zero attached hydrogens (tertiary/aromatic N) is 3. The molecule has 0 saturated heterocycles. The molecule has 1 unspecified atom stereocenters. The van der Waals surface area contributed by atoms with Crippen LogP contribution in [0, 0.1) is 6.92 Å². The third-order valence-corrected chi connectivity index (χ3v) is 7.16. The highest BCUT2D eigenvalue weighted by Gasteiger charge is 2.29. The molecule has 2 N–H and O–H groups in total. The molecule has 0 spiro atoms. The molecule has 36 heavy (non-hydrogen) atoms. The zero-order valence-corrected chi connectivity index (χ0v) is 20.5. The molecule has 4 heterocycles. The second kappa shape index (κ2) is 9.82. The number of methoxy groups -OCH3 is 1. The number of pyridine rings is 1. The number of imidazole rings is 1. The normalized spacial score (nSPS) is 12.2. The van der Waals surface area contributed by atoms with Crippen LogP contribution in [0.2, 0.25) is 0 Å². The van der Waals surface area contributed by atoms with E-state index in [4.69, 9.17) is 9.15 Å². The van der Waals surface area contributed by atoms with Gasteiger partial charge >= 0.3 is 5.97 Å². The van der Waals surface area contributed by atoms with Crippen LogP contribution in [0.15, 0.2) is 64.2 Å². The van der Waals surface area contributed by atoms with Gasteiger partial charge in [0.25, 0.3) is 5.56 Å². The molecule has 10 heteroatoms. The zero-order valence-electron chi connectivity index (χ0n) is 19.7. The molecule has 1 aromatic carbocycles. The number of thiazole rings is 1. The second-order valence-corrected chi connectivity index (χ2v) is 9.42. The molecule has 184 valence electrons. The molecule has 0 aliphatic rings. The predicted molar refractivity (Wildman–Crippen MR) is 135 cm³/mol. The lowest BCUT2D eigenvalue weighted by atomic mass is 9.93. The first kappa shape index (κ1) is 23.6. The number of aryl methyl sites for hydroxylation is 2. The van der Waals surface area contributed by atoms with Gasteiger partial charge in [0.1, 0.15) is 11.5 Å². The van der Waals surface area contributed by atoms with Crippen LogP contribution in [-0.4, -0.2) is 37.7 Å². The Balaban J connectivity index is 1.55. The number of rotatable bonds is 8. The van der Waals surface area contributed by atoms with Crippen LogP contribution in [-0.2, 0) is 22.5 Å². The Morgan fingerprint density at radius 1 is 1.28 bits per heavy atom. The Hall–Kier alpha value is -4.18. The van der Waals surface area contributed by atoms with Crippen molar-refractivity contribution < 1.29 is 19.1 Å². The van der Waals surface area contributed by atoms with Gasteiger partial charge in [-0.25, -0.2) is 9.97 Å². The SMILES string of the molecule is COC(=O)CC(c1ccc(-c2nc3ccccc3s2)o1)c1c(O)cc(C)n(CCc2cnc[nH]2)c1=O. The number of carbonyl (C=O) groups is 1. The molecule has 0 aliphatic heterocycles. The van der Waals surface area contributed by atoms with Crippen LogP contribution in [0.5, 0.6) is 5.75 Å². The first-order chi connectivity index (χ1) is 17.4. The van der Waals surface area contributed by atoms with E-state index in [0.29, 0.717) is 35.2 Å². The van der Waals surface area contributed by atoms with Crippen molar-refractivity contribution in [2.75, 3.05) is 7.11 Å². The Bertz CT molecular complexity index is 1550. The number of hydrogen-bond acceptors (Lipinski definition) is 8. The fraction of sp³-hybridized carbons (Fsp3) is 0.231. The van der Waals surface area contributed by atoms with E-state index >= 15 is 0 Å². The first-order valence-corrected chi connectivity index (χ1v) is 12.2. The molecule has 0 bridgehead atoms. The van der Waals surface area contributed by atoms with Gasteiger partial charge in [-0.05, 0) is 37.3 Å². The monoisotopic (exact) mass is 504 g/mol. The van der Waals surface area contributed by atoms with Crippen LogP contribution in [0.4, 0.5) is 0 Å². The quantitative estimate of drug-likeness (QED) is 0.300. The number of carbonyl (C=O) groups excluding carboxylic acids is 1. The summed E-state index contributed by atoms with van der Waals surface area (Å²) in [5.41, 5.74) is 2.04. The molecule has 0 saturated carbocycles. The van der Waals surface area contributed by atoms with Crippen molar-refractivity contribution in [2.45, 2.75) is 32.2 Å². The Kier molecular flexibility index (Phi) is 6.43. The number of nitrogens with one attached hydrogen (secondary N) is 1. The molecule has 5 rings (SSSR count). The van der Waals surface area contributed by atoms with Crippen LogP contribution in [0.1, 0.15) is 35.1 Å². The van der Waals surface area contributed by atoms with Gasteiger partial charge in [-0.15, -0.1) is 11.3 Å². The van der Waals surface area contributed by atoms with Crippen molar-refractivity contribution >= 4 is 27.5 Å². The number of ether oxygens (including phenoxy) is 1. The number of benzene rings is 1. The average Bonchev–Trinajstić information content (AvgIpc) is 3.63. The van der Waals surface area contributed by atoms with E-state index in [1.54, 1.807) is 36.1 Å². The molecule has 0 fully saturated rings. The van der Waals surface area contributed by atoms with E-state index in [-0.39, 0.29) is 23.3 Å². The number of H-pyrrole nitrogens is 1. The smallest absolute Gasteiger partial charge is 0.306 e. The molecule has 0 amide bonds. The van der Waals surface area contributed by atoms with Gasteiger partial charge in [0, 0.05) is 30.6 Å². The maximum Gasteiger partial charge on any atom is 0.306 e. The Morgan fingerprint density at radius 3 is 2.86 bits per heavy atom. The van der Waals surface area contributed by atoms with Gasteiger partial charge in [0.15, 0.2) is 10.8 Å². The van der Waals surface area contributed by atoms with Gasteiger partial charge in [-0.3, -0.25) is 9.59 Å². The van der Waals surface area contributed by atoms with Gasteiger partial charge in [-0.1, -0.05) is 12.1 Å². The number of hydrogen-bond donors (Lipinski definition) is 2. The highest BCUT2D eigenvalue weighted by molar-refractivity contribution is 7.21. The summed E-state index contributed by atoms with van der Waals surface area (Å²) >= 11 is 1.49. The molecular weight excluding hydrogens is 480 g/mol. The van der Waals surface area contributed by atoms with Crippen LogP contribution < -0.4 is 5.56 Å². The molecule has 5 aromatic rings. The summed E-state index contributed by atoms with van der Waals surface area (Å²) in [6, 6.07) is 12.8. The van der Waals surface area contributed by atoms with Crippen molar-refractivity contribution in [1.82, 2.24) is 19.5 Å². The van der Waals surface area contributed by atoms with Gasteiger partial charge in [0.05, 0.1) is 41.6 Å². The highest BCUT2D eigenvalue weighted by Crippen LogP contribution is 2.37. The van der Waals surface area contributed by atoms with Gasteiger partial charge < -0.3 is 23.8 Å². The molecular formula is C26H24N4O5S. The highest BCUT2D eigenvalue weighted by atomic mass is 32.1. The summed E-state index contributed by atoms with van der Waals surface area (Å²) < 4.78 is 13.6. The minimum absolute atomic E-state index is 0.0841. The van der Waals surface area contributed by atoms with E-state index in [2.05, 4.69) is 15.0 Å². The van der Waals surface area contributed by atoms with E-state index in [0.717, 1.165) is 15.9 Å². The summed E-state index contributed by atoms with van der Waals surface area (Å²) in [5.74, 6) is -0.672. The molecule has 0 aliphatic carbocycles. The standard InChI is InChI=1S/C26H24N4O5S/c1-15-11-19(31)24(26(33)30(15)10-9-16-13-27-14-28-16)17(12-23(32)34-2)20-7-8-21(35-20)25-29-18-5-3-4-6-22(18)36-25/h3-8,11,13-14,17,31H,9-10,12H2,1-2H3,(H,27,28). The average molecular weight is 505 g/mol. The fourth-order valence-electron chi connectivity index (χ4n) is 4.26. The number of fused-ring (bicyclic) bond motifs is 1. The van der Waals surface area contributed by atoms with Crippen molar-refractivity contribution in [2.24, 2.45) is 0 Å². The van der Waals surface area contributed by atoms with Crippen LogP contribution in [0.3, 0.4) is 0 Å². The largest absolute Gasteiger partial charge is 0.507 e. The topological polar surface area (TPSA) is 123 Å².